The van der Waals surface area contributed by atoms with E-state index in [9.17, 15) is 9.90 Å². The summed E-state index contributed by atoms with van der Waals surface area (Å²) in [7, 11) is 1.36. The summed E-state index contributed by atoms with van der Waals surface area (Å²) in [4.78, 5) is 10.8. The maximum absolute atomic E-state index is 10.8. The summed E-state index contributed by atoms with van der Waals surface area (Å²) >= 11 is 0. The van der Waals surface area contributed by atoms with Crippen molar-refractivity contribution in [2.45, 2.75) is 45.3 Å². The van der Waals surface area contributed by atoms with E-state index in [1.807, 2.05) is 13.8 Å². The Morgan fingerprint density at radius 3 is 2.21 bits per heavy atom. The lowest BCUT2D eigenvalue weighted by atomic mass is 9.86. The minimum Gasteiger partial charge on any atom is -0.469 e. The van der Waals surface area contributed by atoms with E-state index < -0.39 is 11.1 Å². The van der Waals surface area contributed by atoms with Gasteiger partial charge in [-0.25, -0.2) is 0 Å². The molecule has 2 N–H and O–H groups in total. The van der Waals surface area contributed by atoms with E-state index in [-0.39, 0.29) is 5.97 Å². The van der Waals surface area contributed by atoms with Gasteiger partial charge in [0.2, 0.25) is 0 Å². The van der Waals surface area contributed by atoms with Crippen LogP contribution >= 0.6 is 0 Å². The molecule has 0 aromatic carbocycles. The van der Waals surface area contributed by atoms with Gasteiger partial charge in [-0.3, -0.25) is 4.79 Å². The van der Waals surface area contributed by atoms with Gasteiger partial charge in [0, 0.05) is 12.1 Å². The van der Waals surface area contributed by atoms with Crippen LogP contribution < -0.4 is 5.32 Å². The molecule has 0 aromatic heterocycles. The van der Waals surface area contributed by atoms with Crippen molar-refractivity contribution in [1.82, 2.24) is 5.32 Å². The topological polar surface area (TPSA) is 58.6 Å². The predicted molar refractivity (Wildman–Crippen MR) is 55.0 cm³/mol. The van der Waals surface area contributed by atoms with Crippen molar-refractivity contribution in [2.24, 2.45) is 0 Å². The van der Waals surface area contributed by atoms with Crippen LogP contribution in [0.4, 0.5) is 0 Å². The van der Waals surface area contributed by atoms with E-state index in [0.29, 0.717) is 13.0 Å². The summed E-state index contributed by atoms with van der Waals surface area (Å²) in [5, 5.41) is 12.9. The smallest absolute Gasteiger partial charge is 0.306 e. The van der Waals surface area contributed by atoms with Gasteiger partial charge in [-0.1, -0.05) is 0 Å². The molecule has 0 heterocycles. The first kappa shape index (κ1) is 13.4. The maximum Gasteiger partial charge on any atom is 0.306 e. The zero-order valence-corrected chi connectivity index (χ0v) is 9.68. The number of hydrogen-bond acceptors (Lipinski definition) is 4. The molecule has 0 aromatic rings. The second-order valence-corrected chi connectivity index (χ2v) is 4.44. The highest BCUT2D eigenvalue weighted by Gasteiger charge is 2.34. The van der Waals surface area contributed by atoms with E-state index in [0.717, 1.165) is 0 Å². The minimum absolute atomic E-state index is 0.246. The van der Waals surface area contributed by atoms with Crippen molar-refractivity contribution < 1.29 is 14.6 Å². The molecule has 14 heavy (non-hydrogen) atoms. The molecular formula is C10H21NO3. The standard InChI is InChI=1S/C10H21NO3/c1-9(2,10(3,4)13)11-7-6-8(12)14-5/h11,13H,6-7H2,1-5H3. The van der Waals surface area contributed by atoms with Gasteiger partial charge < -0.3 is 15.2 Å². The molecule has 0 saturated heterocycles. The summed E-state index contributed by atoms with van der Waals surface area (Å²) < 4.78 is 4.51. The third-order valence-electron chi connectivity index (χ3n) is 2.65. The largest absolute Gasteiger partial charge is 0.469 e. The van der Waals surface area contributed by atoms with Crippen molar-refractivity contribution in [3.63, 3.8) is 0 Å². The number of rotatable bonds is 5. The molecule has 4 heteroatoms. The van der Waals surface area contributed by atoms with E-state index in [4.69, 9.17) is 0 Å². The van der Waals surface area contributed by atoms with Gasteiger partial charge in [0.05, 0.1) is 19.1 Å². The lowest BCUT2D eigenvalue weighted by molar-refractivity contribution is -0.140. The van der Waals surface area contributed by atoms with Crippen LogP contribution in [0.3, 0.4) is 0 Å². The second kappa shape index (κ2) is 4.75. The van der Waals surface area contributed by atoms with Crippen molar-refractivity contribution in [1.29, 1.82) is 0 Å². The first-order valence-electron chi connectivity index (χ1n) is 4.75. The monoisotopic (exact) mass is 203 g/mol. The molecule has 0 saturated carbocycles. The van der Waals surface area contributed by atoms with Gasteiger partial charge in [-0.2, -0.15) is 0 Å². The number of esters is 1. The van der Waals surface area contributed by atoms with Gasteiger partial charge in [-0.15, -0.1) is 0 Å². The third-order valence-corrected chi connectivity index (χ3v) is 2.65. The van der Waals surface area contributed by atoms with Crippen molar-refractivity contribution in [3.05, 3.63) is 0 Å². The quantitative estimate of drug-likeness (QED) is 0.645. The highest BCUT2D eigenvalue weighted by atomic mass is 16.5. The average molecular weight is 203 g/mol. The molecule has 4 nitrogen and oxygen atoms in total. The normalized spacial score (nSPS) is 12.7. The van der Waals surface area contributed by atoms with Crippen LogP contribution in [0.25, 0.3) is 0 Å². The number of ether oxygens (including phenoxy) is 1. The predicted octanol–water partition coefficient (Wildman–Crippen LogP) is 0.689. The number of hydrogen-bond donors (Lipinski definition) is 2. The zero-order valence-electron chi connectivity index (χ0n) is 9.68. The fourth-order valence-corrected chi connectivity index (χ4v) is 0.795. The minimum atomic E-state index is -0.830. The first-order valence-corrected chi connectivity index (χ1v) is 4.75. The van der Waals surface area contributed by atoms with Crippen molar-refractivity contribution in [2.75, 3.05) is 13.7 Å². The Morgan fingerprint density at radius 2 is 1.86 bits per heavy atom. The van der Waals surface area contributed by atoms with Gasteiger partial charge >= 0.3 is 5.97 Å². The summed E-state index contributed by atoms with van der Waals surface area (Å²) in [5.41, 5.74) is -1.26. The van der Waals surface area contributed by atoms with Crippen LogP contribution in [0.15, 0.2) is 0 Å². The molecule has 0 unspecified atom stereocenters. The average Bonchev–Trinajstić information content (AvgIpc) is 2.01. The number of methoxy groups -OCH3 is 1. The molecule has 0 aliphatic rings. The molecular weight excluding hydrogens is 182 g/mol. The number of carbonyl (C=O) groups is 1. The maximum atomic E-state index is 10.8. The molecule has 0 spiro atoms. The fourth-order valence-electron chi connectivity index (χ4n) is 0.795. The van der Waals surface area contributed by atoms with E-state index in [1.165, 1.54) is 7.11 Å². The zero-order chi connectivity index (χ0) is 11.4. The highest BCUT2D eigenvalue weighted by Crippen LogP contribution is 2.20. The van der Waals surface area contributed by atoms with Gasteiger partial charge in [-0.05, 0) is 27.7 Å². The summed E-state index contributed by atoms with van der Waals surface area (Å²) in [6, 6.07) is 0. The number of carbonyl (C=O) groups excluding carboxylic acids is 1. The molecule has 0 atom stereocenters. The molecule has 0 amide bonds. The van der Waals surface area contributed by atoms with Crippen molar-refractivity contribution in [3.8, 4) is 0 Å². The van der Waals surface area contributed by atoms with E-state index >= 15 is 0 Å². The third kappa shape index (κ3) is 4.07. The van der Waals surface area contributed by atoms with Crippen molar-refractivity contribution >= 4 is 5.97 Å². The summed E-state index contributed by atoms with van der Waals surface area (Å²) in [5.74, 6) is -0.246. The summed E-state index contributed by atoms with van der Waals surface area (Å²) in [6.45, 7) is 7.76. The molecule has 0 aliphatic carbocycles. The molecule has 0 rings (SSSR count). The Bertz CT molecular complexity index is 194. The van der Waals surface area contributed by atoms with Crippen LogP contribution in [-0.4, -0.2) is 35.9 Å². The van der Waals surface area contributed by atoms with Crippen LogP contribution in [0, 0.1) is 0 Å². The molecule has 0 fully saturated rings. The van der Waals surface area contributed by atoms with Crippen LogP contribution in [0.5, 0.6) is 0 Å². The van der Waals surface area contributed by atoms with Gasteiger partial charge in [0.1, 0.15) is 0 Å². The van der Waals surface area contributed by atoms with Crippen LogP contribution in [0.2, 0.25) is 0 Å². The molecule has 0 bridgehead atoms. The van der Waals surface area contributed by atoms with Crippen LogP contribution in [0.1, 0.15) is 34.1 Å². The highest BCUT2D eigenvalue weighted by molar-refractivity contribution is 5.69. The lowest BCUT2D eigenvalue weighted by Gasteiger charge is -2.38. The SMILES string of the molecule is COC(=O)CCNC(C)(C)C(C)(C)O. The lowest BCUT2D eigenvalue weighted by Crippen LogP contribution is -2.56. The Labute approximate surface area is 85.6 Å². The van der Waals surface area contributed by atoms with Gasteiger partial charge in [0.25, 0.3) is 0 Å². The van der Waals surface area contributed by atoms with E-state index in [2.05, 4.69) is 10.1 Å². The fraction of sp³-hybridized carbons (Fsp3) is 0.900. The van der Waals surface area contributed by atoms with E-state index in [1.54, 1.807) is 13.8 Å². The Balaban J connectivity index is 3.95. The molecule has 0 aliphatic heterocycles. The molecule has 84 valence electrons. The second-order valence-electron chi connectivity index (χ2n) is 4.44. The number of nitrogens with one attached hydrogen (secondary N) is 1. The number of aliphatic hydroxyl groups is 1. The van der Waals surface area contributed by atoms with Crippen LogP contribution in [-0.2, 0) is 9.53 Å². The first-order chi connectivity index (χ1) is 6.20. The Morgan fingerprint density at radius 1 is 1.36 bits per heavy atom. The Hall–Kier alpha value is -0.610. The van der Waals surface area contributed by atoms with Gasteiger partial charge in [0.15, 0.2) is 0 Å². The summed E-state index contributed by atoms with van der Waals surface area (Å²) in [6.07, 6.45) is 0.315. The Kier molecular flexibility index (Phi) is 4.55. The molecule has 0 radical (unpaired) electrons.